The molecule has 0 aliphatic carbocycles. The zero-order valence-corrected chi connectivity index (χ0v) is 15.1. The number of allylic oxidation sites excluding steroid dienone is 4. The van der Waals surface area contributed by atoms with Gasteiger partial charge >= 0.3 is 0 Å². The molecule has 22 heavy (non-hydrogen) atoms. The molecule has 4 atom stereocenters. The van der Waals surface area contributed by atoms with Gasteiger partial charge in [-0.25, -0.2) is 8.78 Å². The molecule has 0 aromatic carbocycles. The minimum absolute atomic E-state index is 0.0464. The second-order valence-electron chi connectivity index (χ2n) is 6.92. The third kappa shape index (κ3) is 7.38. The second-order valence-corrected chi connectivity index (χ2v) is 6.92. The van der Waals surface area contributed by atoms with Gasteiger partial charge in [-0.15, -0.1) is 0 Å². The van der Waals surface area contributed by atoms with Gasteiger partial charge in [0, 0.05) is 0 Å². The lowest BCUT2D eigenvalue weighted by atomic mass is 9.83. The van der Waals surface area contributed by atoms with Crippen LogP contribution in [-0.2, 0) is 0 Å². The first kappa shape index (κ1) is 21.1. The fraction of sp³-hybridized carbons (Fsp3) is 0.700. The summed E-state index contributed by atoms with van der Waals surface area (Å²) in [6, 6.07) is 0. The molecule has 0 aromatic heterocycles. The molecule has 0 fully saturated rings. The first-order valence-corrected chi connectivity index (χ1v) is 8.61. The van der Waals surface area contributed by atoms with E-state index in [1.165, 1.54) is 19.3 Å². The van der Waals surface area contributed by atoms with Crippen LogP contribution in [0.15, 0.2) is 36.5 Å². The molecule has 0 N–H and O–H groups in total. The van der Waals surface area contributed by atoms with Gasteiger partial charge in [0.1, 0.15) is 0 Å². The van der Waals surface area contributed by atoms with Gasteiger partial charge in [0.2, 0.25) is 0 Å². The Kier molecular flexibility index (Phi) is 10.3. The molecule has 0 aromatic rings. The van der Waals surface area contributed by atoms with Gasteiger partial charge in [-0.1, -0.05) is 67.0 Å². The highest BCUT2D eigenvalue weighted by atomic mass is 19.2. The van der Waals surface area contributed by atoms with Gasteiger partial charge in [0.25, 0.3) is 0 Å². The molecule has 4 unspecified atom stereocenters. The Balaban J connectivity index is 4.31. The first-order valence-electron chi connectivity index (χ1n) is 8.61. The molecule has 0 bridgehead atoms. The highest BCUT2D eigenvalue weighted by Gasteiger charge is 2.18. The Bertz CT molecular complexity index is 381. The van der Waals surface area contributed by atoms with Gasteiger partial charge in [0.15, 0.2) is 11.7 Å². The summed E-state index contributed by atoms with van der Waals surface area (Å²) < 4.78 is 26.9. The lowest BCUT2D eigenvalue weighted by molar-refractivity contribution is 0.300. The Morgan fingerprint density at radius 3 is 1.91 bits per heavy atom. The van der Waals surface area contributed by atoms with E-state index in [9.17, 15) is 8.78 Å². The third-order valence-electron chi connectivity index (χ3n) is 5.10. The van der Waals surface area contributed by atoms with E-state index in [0.717, 1.165) is 24.8 Å². The summed E-state index contributed by atoms with van der Waals surface area (Å²) in [6.45, 7) is 17.9. The topological polar surface area (TPSA) is 0 Å². The van der Waals surface area contributed by atoms with E-state index in [4.69, 9.17) is 0 Å². The molecule has 0 amide bonds. The molecule has 128 valence electrons. The van der Waals surface area contributed by atoms with Crippen LogP contribution in [0.4, 0.5) is 8.78 Å². The van der Waals surface area contributed by atoms with Crippen LogP contribution in [0.5, 0.6) is 0 Å². The lowest BCUT2D eigenvalue weighted by Gasteiger charge is -2.23. The summed E-state index contributed by atoms with van der Waals surface area (Å²) >= 11 is 0. The van der Waals surface area contributed by atoms with Crippen LogP contribution in [-0.4, -0.2) is 0 Å². The average molecular weight is 312 g/mol. The number of halogens is 2. The SMILES string of the molecule is C=C/C(F)=C(/F)C(=C)C(C)CCC(C)C(C)CCC(C)CC. The van der Waals surface area contributed by atoms with Crippen LogP contribution in [0.25, 0.3) is 0 Å². The molecule has 0 rings (SSSR count). The molecular weight excluding hydrogens is 278 g/mol. The van der Waals surface area contributed by atoms with Crippen LogP contribution in [0.1, 0.15) is 66.7 Å². The van der Waals surface area contributed by atoms with E-state index >= 15 is 0 Å². The van der Waals surface area contributed by atoms with Crippen molar-refractivity contribution in [3.63, 3.8) is 0 Å². The molecule has 0 spiro atoms. The molecule has 0 aliphatic heterocycles. The van der Waals surface area contributed by atoms with Crippen molar-refractivity contribution >= 4 is 0 Å². The summed E-state index contributed by atoms with van der Waals surface area (Å²) in [5.74, 6) is 0.242. The van der Waals surface area contributed by atoms with Crippen LogP contribution in [0.3, 0.4) is 0 Å². The highest BCUT2D eigenvalue weighted by molar-refractivity contribution is 5.30. The molecule has 2 heteroatoms. The van der Waals surface area contributed by atoms with Crippen molar-refractivity contribution in [3.8, 4) is 0 Å². The summed E-state index contributed by atoms with van der Waals surface area (Å²) in [6.07, 6.45) is 6.50. The van der Waals surface area contributed by atoms with Crippen LogP contribution in [0.2, 0.25) is 0 Å². The normalized spacial score (nSPS) is 18.1. The van der Waals surface area contributed by atoms with E-state index in [2.05, 4.69) is 40.9 Å². The van der Waals surface area contributed by atoms with Crippen LogP contribution in [0, 0.1) is 23.7 Å². The Morgan fingerprint density at radius 1 is 0.955 bits per heavy atom. The summed E-state index contributed by atoms with van der Waals surface area (Å²) in [7, 11) is 0. The number of hydrogen-bond donors (Lipinski definition) is 0. The van der Waals surface area contributed by atoms with E-state index < -0.39 is 11.7 Å². The first-order chi connectivity index (χ1) is 10.2. The van der Waals surface area contributed by atoms with Crippen molar-refractivity contribution < 1.29 is 8.78 Å². The van der Waals surface area contributed by atoms with Gasteiger partial charge in [-0.3, -0.25) is 0 Å². The molecule has 0 heterocycles. The Hall–Kier alpha value is -0.920. The Morgan fingerprint density at radius 2 is 1.45 bits per heavy atom. The largest absolute Gasteiger partial charge is 0.204 e. The molecule has 0 aliphatic rings. The highest BCUT2D eigenvalue weighted by Crippen LogP contribution is 2.30. The van der Waals surface area contributed by atoms with Crippen LogP contribution < -0.4 is 0 Å². The van der Waals surface area contributed by atoms with E-state index in [1.54, 1.807) is 0 Å². The Labute approximate surface area is 136 Å². The van der Waals surface area contributed by atoms with Crippen molar-refractivity contribution in [2.24, 2.45) is 23.7 Å². The van der Waals surface area contributed by atoms with E-state index in [1.807, 2.05) is 6.92 Å². The monoisotopic (exact) mass is 312 g/mol. The molecule has 0 nitrogen and oxygen atoms in total. The van der Waals surface area contributed by atoms with Gasteiger partial charge < -0.3 is 0 Å². The van der Waals surface area contributed by atoms with Gasteiger partial charge in [-0.2, -0.15) is 0 Å². The maximum absolute atomic E-state index is 13.7. The summed E-state index contributed by atoms with van der Waals surface area (Å²) in [4.78, 5) is 0. The van der Waals surface area contributed by atoms with E-state index in [-0.39, 0.29) is 11.5 Å². The minimum Gasteiger partial charge on any atom is -0.204 e. The smallest absolute Gasteiger partial charge is 0.161 e. The maximum Gasteiger partial charge on any atom is 0.161 e. The quantitative estimate of drug-likeness (QED) is 0.349. The summed E-state index contributed by atoms with van der Waals surface area (Å²) in [5.41, 5.74) is 0.247. The van der Waals surface area contributed by atoms with Crippen molar-refractivity contribution in [2.45, 2.75) is 66.7 Å². The number of hydrogen-bond acceptors (Lipinski definition) is 0. The van der Waals surface area contributed by atoms with Crippen molar-refractivity contribution in [3.05, 3.63) is 36.5 Å². The van der Waals surface area contributed by atoms with E-state index in [0.29, 0.717) is 11.8 Å². The number of rotatable bonds is 11. The lowest BCUT2D eigenvalue weighted by Crippen LogP contribution is -2.12. The maximum atomic E-state index is 13.7. The second kappa shape index (κ2) is 10.7. The molecule has 0 radical (unpaired) electrons. The zero-order valence-electron chi connectivity index (χ0n) is 15.1. The fourth-order valence-corrected chi connectivity index (χ4v) is 2.47. The van der Waals surface area contributed by atoms with Crippen molar-refractivity contribution in [2.75, 3.05) is 0 Å². The fourth-order valence-electron chi connectivity index (χ4n) is 2.47. The van der Waals surface area contributed by atoms with Gasteiger partial charge in [-0.05, 0) is 48.2 Å². The standard InChI is InChI=1S/C20H34F2/c1-8-14(3)10-11-15(4)16(5)12-13-17(6)18(7)20(22)19(21)9-2/h9,14-17H,2,7-8,10-13H2,1,3-6H3/b20-19-. The molecular formula is C20H34F2. The predicted molar refractivity (Wildman–Crippen MR) is 94.0 cm³/mol. The van der Waals surface area contributed by atoms with Gasteiger partial charge in [0.05, 0.1) is 0 Å². The average Bonchev–Trinajstić information content (AvgIpc) is 2.54. The van der Waals surface area contributed by atoms with Crippen molar-refractivity contribution in [1.29, 1.82) is 0 Å². The molecule has 0 saturated carbocycles. The summed E-state index contributed by atoms with van der Waals surface area (Å²) in [5, 5.41) is 0. The molecule has 0 saturated heterocycles. The van der Waals surface area contributed by atoms with Crippen molar-refractivity contribution in [1.82, 2.24) is 0 Å². The predicted octanol–water partition coefficient (Wildman–Crippen LogP) is 7.39. The third-order valence-corrected chi connectivity index (χ3v) is 5.10. The van der Waals surface area contributed by atoms with Crippen LogP contribution >= 0.6 is 0 Å². The minimum atomic E-state index is -0.910. The zero-order chi connectivity index (χ0) is 17.3.